The quantitative estimate of drug-likeness (QED) is 0.607. The lowest BCUT2D eigenvalue weighted by Crippen LogP contribution is -2.22. The van der Waals surface area contributed by atoms with Gasteiger partial charge in [0.15, 0.2) is 0 Å². The van der Waals surface area contributed by atoms with Crippen molar-refractivity contribution in [2.75, 3.05) is 24.3 Å². The first-order valence-electron chi connectivity index (χ1n) is 8.38. The van der Waals surface area contributed by atoms with Gasteiger partial charge in [0, 0.05) is 18.3 Å². The van der Waals surface area contributed by atoms with Crippen molar-refractivity contribution in [3.63, 3.8) is 0 Å². The van der Waals surface area contributed by atoms with Crippen molar-refractivity contribution < 1.29 is 14.6 Å². The fraction of sp³-hybridized carbons (Fsp3) is 0.263. The molecule has 0 aliphatic carbocycles. The largest absolute Gasteiger partial charge is 0.497 e. The van der Waals surface area contributed by atoms with Crippen LogP contribution in [0, 0.1) is 0 Å². The number of hydrogen-bond donors (Lipinski definition) is 3. The van der Waals surface area contributed by atoms with E-state index in [2.05, 4.69) is 15.6 Å². The SMILES string of the molecule is COc1cccc(NC(=O)Cn2c(NCC(C)O)nc3ccccc32)c1. The number of methoxy groups -OCH3 is 1. The van der Waals surface area contributed by atoms with E-state index in [1.54, 1.807) is 30.7 Å². The molecule has 1 unspecified atom stereocenters. The molecule has 1 heterocycles. The van der Waals surface area contributed by atoms with Crippen molar-refractivity contribution in [2.24, 2.45) is 0 Å². The van der Waals surface area contributed by atoms with Gasteiger partial charge in [-0.15, -0.1) is 0 Å². The van der Waals surface area contributed by atoms with Crippen LogP contribution in [-0.4, -0.2) is 40.3 Å². The third-order valence-electron chi connectivity index (χ3n) is 3.87. The van der Waals surface area contributed by atoms with Gasteiger partial charge >= 0.3 is 0 Å². The minimum atomic E-state index is -0.520. The molecule has 0 saturated carbocycles. The molecule has 136 valence electrons. The normalized spacial score (nSPS) is 12.0. The molecule has 1 aromatic heterocycles. The summed E-state index contributed by atoms with van der Waals surface area (Å²) in [6, 6.07) is 14.8. The number of rotatable bonds is 7. The molecule has 0 fully saturated rings. The molecule has 7 heteroatoms. The molecule has 0 aliphatic heterocycles. The van der Waals surface area contributed by atoms with Gasteiger partial charge in [-0.1, -0.05) is 18.2 Å². The summed E-state index contributed by atoms with van der Waals surface area (Å²) in [4.78, 5) is 17.0. The van der Waals surface area contributed by atoms with Gasteiger partial charge in [0.05, 0.1) is 24.2 Å². The number of nitrogens with zero attached hydrogens (tertiary/aromatic N) is 2. The molecule has 1 amide bonds. The average Bonchev–Trinajstić information content (AvgIpc) is 2.97. The lowest BCUT2D eigenvalue weighted by atomic mass is 10.3. The molecule has 3 N–H and O–H groups in total. The Balaban J connectivity index is 1.81. The number of carbonyl (C=O) groups is 1. The second-order valence-electron chi connectivity index (χ2n) is 6.02. The van der Waals surface area contributed by atoms with E-state index in [-0.39, 0.29) is 12.5 Å². The van der Waals surface area contributed by atoms with Gasteiger partial charge in [0.25, 0.3) is 0 Å². The Hall–Kier alpha value is -3.06. The predicted octanol–water partition coefficient (Wildman–Crippen LogP) is 2.48. The number of hydrogen-bond acceptors (Lipinski definition) is 5. The molecule has 0 radical (unpaired) electrons. The average molecular weight is 354 g/mol. The second-order valence-corrected chi connectivity index (χ2v) is 6.02. The van der Waals surface area contributed by atoms with Crippen molar-refractivity contribution >= 4 is 28.6 Å². The summed E-state index contributed by atoms with van der Waals surface area (Å²) >= 11 is 0. The fourth-order valence-corrected chi connectivity index (χ4v) is 2.65. The van der Waals surface area contributed by atoms with Gasteiger partial charge in [-0.3, -0.25) is 4.79 Å². The lowest BCUT2D eigenvalue weighted by molar-refractivity contribution is -0.116. The molecule has 3 aromatic rings. The smallest absolute Gasteiger partial charge is 0.244 e. The second kappa shape index (κ2) is 7.88. The van der Waals surface area contributed by atoms with E-state index in [1.807, 2.05) is 36.4 Å². The summed E-state index contributed by atoms with van der Waals surface area (Å²) in [7, 11) is 1.58. The third kappa shape index (κ3) is 4.12. The maximum atomic E-state index is 12.5. The van der Waals surface area contributed by atoms with Gasteiger partial charge in [0.1, 0.15) is 12.3 Å². The van der Waals surface area contributed by atoms with E-state index in [0.29, 0.717) is 23.9 Å². The molecule has 0 bridgehead atoms. The third-order valence-corrected chi connectivity index (χ3v) is 3.87. The summed E-state index contributed by atoms with van der Waals surface area (Å²) in [5, 5.41) is 15.5. The summed E-state index contributed by atoms with van der Waals surface area (Å²) in [6.45, 7) is 2.14. The number of carbonyl (C=O) groups excluding carboxylic acids is 1. The van der Waals surface area contributed by atoms with E-state index < -0.39 is 6.10 Å². The number of ether oxygens (including phenoxy) is 1. The van der Waals surface area contributed by atoms with Crippen LogP contribution >= 0.6 is 0 Å². The number of amides is 1. The maximum Gasteiger partial charge on any atom is 0.244 e. The zero-order chi connectivity index (χ0) is 18.5. The van der Waals surface area contributed by atoms with Crippen LogP contribution in [0.4, 0.5) is 11.6 Å². The molecular weight excluding hydrogens is 332 g/mol. The van der Waals surface area contributed by atoms with Gasteiger partial charge in [-0.25, -0.2) is 4.98 Å². The monoisotopic (exact) mass is 354 g/mol. The minimum Gasteiger partial charge on any atom is -0.497 e. The number of aromatic nitrogens is 2. The molecule has 1 atom stereocenters. The Bertz CT molecular complexity index is 905. The molecule has 0 spiro atoms. The Labute approximate surface area is 151 Å². The maximum absolute atomic E-state index is 12.5. The van der Waals surface area contributed by atoms with Crippen LogP contribution in [0.3, 0.4) is 0 Å². The molecule has 3 rings (SSSR count). The van der Waals surface area contributed by atoms with Crippen LogP contribution in [0.2, 0.25) is 0 Å². The Kier molecular flexibility index (Phi) is 5.38. The van der Waals surface area contributed by atoms with Gasteiger partial charge in [0.2, 0.25) is 11.9 Å². The minimum absolute atomic E-state index is 0.0971. The first-order chi connectivity index (χ1) is 12.6. The van der Waals surface area contributed by atoms with E-state index >= 15 is 0 Å². The number of para-hydroxylation sites is 2. The number of aliphatic hydroxyl groups is 1. The summed E-state index contributed by atoms with van der Waals surface area (Å²) in [5.41, 5.74) is 2.30. The highest BCUT2D eigenvalue weighted by atomic mass is 16.5. The van der Waals surface area contributed by atoms with Crippen molar-refractivity contribution in [1.82, 2.24) is 9.55 Å². The van der Waals surface area contributed by atoms with Gasteiger partial charge in [-0.05, 0) is 31.2 Å². The number of benzene rings is 2. The van der Waals surface area contributed by atoms with E-state index in [4.69, 9.17) is 4.74 Å². The van der Waals surface area contributed by atoms with Gasteiger partial charge in [-0.2, -0.15) is 0 Å². The van der Waals surface area contributed by atoms with Crippen LogP contribution in [0.5, 0.6) is 5.75 Å². The summed E-state index contributed by atoms with van der Waals surface area (Å²) in [5.74, 6) is 1.05. The van der Waals surface area contributed by atoms with Crippen LogP contribution < -0.4 is 15.4 Å². The predicted molar refractivity (Wildman–Crippen MR) is 102 cm³/mol. The zero-order valence-corrected chi connectivity index (χ0v) is 14.8. The van der Waals surface area contributed by atoms with E-state index in [9.17, 15) is 9.90 Å². The number of aliphatic hydroxyl groups excluding tert-OH is 1. The summed E-state index contributed by atoms with van der Waals surface area (Å²) in [6.07, 6.45) is -0.520. The van der Waals surface area contributed by atoms with Crippen molar-refractivity contribution in [2.45, 2.75) is 19.6 Å². The van der Waals surface area contributed by atoms with Crippen LogP contribution in [-0.2, 0) is 11.3 Å². The van der Waals surface area contributed by atoms with Crippen LogP contribution in [0.15, 0.2) is 48.5 Å². The lowest BCUT2D eigenvalue weighted by Gasteiger charge is -2.12. The Morgan fingerprint density at radius 3 is 2.85 bits per heavy atom. The highest BCUT2D eigenvalue weighted by Gasteiger charge is 2.14. The van der Waals surface area contributed by atoms with Crippen molar-refractivity contribution in [3.05, 3.63) is 48.5 Å². The highest BCUT2D eigenvalue weighted by molar-refractivity contribution is 5.92. The first kappa shape index (κ1) is 17.8. The highest BCUT2D eigenvalue weighted by Crippen LogP contribution is 2.21. The van der Waals surface area contributed by atoms with Crippen molar-refractivity contribution in [1.29, 1.82) is 0 Å². The Morgan fingerprint density at radius 2 is 2.08 bits per heavy atom. The number of anilines is 2. The Morgan fingerprint density at radius 1 is 1.27 bits per heavy atom. The standard InChI is InChI=1S/C19H22N4O3/c1-13(24)11-20-19-22-16-8-3-4-9-17(16)23(19)12-18(25)21-14-6-5-7-15(10-14)26-2/h3-10,13,24H,11-12H2,1-2H3,(H,20,22)(H,21,25). The topological polar surface area (TPSA) is 88.4 Å². The zero-order valence-electron chi connectivity index (χ0n) is 14.8. The molecular formula is C19H22N4O3. The van der Waals surface area contributed by atoms with E-state index in [0.717, 1.165) is 11.0 Å². The first-order valence-corrected chi connectivity index (χ1v) is 8.38. The number of fused-ring (bicyclic) bond motifs is 1. The molecule has 2 aromatic carbocycles. The fourth-order valence-electron chi connectivity index (χ4n) is 2.65. The van der Waals surface area contributed by atoms with E-state index in [1.165, 1.54) is 0 Å². The van der Waals surface area contributed by atoms with Gasteiger partial charge < -0.3 is 25.0 Å². The summed E-state index contributed by atoms with van der Waals surface area (Å²) < 4.78 is 6.97. The molecule has 0 saturated heterocycles. The van der Waals surface area contributed by atoms with Crippen LogP contribution in [0.25, 0.3) is 11.0 Å². The molecule has 7 nitrogen and oxygen atoms in total. The molecule has 0 aliphatic rings. The number of nitrogens with one attached hydrogen (secondary N) is 2. The molecule has 26 heavy (non-hydrogen) atoms. The van der Waals surface area contributed by atoms with Crippen LogP contribution in [0.1, 0.15) is 6.92 Å². The van der Waals surface area contributed by atoms with Crippen molar-refractivity contribution in [3.8, 4) is 5.75 Å². The number of imidazole rings is 1.